The summed E-state index contributed by atoms with van der Waals surface area (Å²) in [7, 11) is 1.83. The summed E-state index contributed by atoms with van der Waals surface area (Å²) in [4.78, 5) is 14.2. The maximum absolute atomic E-state index is 13.1. The zero-order valence-electron chi connectivity index (χ0n) is 13.8. The number of hydrogen-bond acceptors (Lipinski definition) is 2. The van der Waals surface area contributed by atoms with Crippen molar-refractivity contribution < 1.29 is 18.0 Å². The topological polar surface area (TPSA) is 32.3 Å². The Morgan fingerprint density at radius 3 is 2.58 bits per heavy atom. The Hall–Kier alpha value is -1.27. The smallest absolute Gasteiger partial charge is 0.324 e. The van der Waals surface area contributed by atoms with Crippen LogP contribution in [0, 0.1) is 5.92 Å². The number of anilines is 1. The lowest BCUT2D eigenvalue weighted by atomic mass is 10.1. The van der Waals surface area contributed by atoms with Gasteiger partial charge < -0.3 is 5.32 Å². The minimum atomic E-state index is -4.58. The summed E-state index contributed by atoms with van der Waals surface area (Å²) in [6.45, 7) is 2.48. The Labute approximate surface area is 145 Å². The summed E-state index contributed by atoms with van der Waals surface area (Å²) >= 11 is 5.65. The second-order valence-corrected chi connectivity index (χ2v) is 6.88. The van der Waals surface area contributed by atoms with E-state index in [0.717, 1.165) is 25.5 Å². The first-order valence-corrected chi connectivity index (χ1v) is 8.44. The van der Waals surface area contributed by atoms with Gasteiger partial charge in [0.15, 0.2) is 0 Å². The van der Waals surface area contributed by atoms with Crippen LogP contribution in [0.25, 0.3) is 0 Å². The molecule has 0 saturated heterocycles. The van der Waals surface area contributed by atoms with Crippen molar-refractivity contribution >= 4 is 23.2 Å². The molecular formula is C17H22ClF3N2O. The summed E-state index contributed by atoms with van der Waals surface area (Å²) in [5.74, 6) is 0.106. The second-order valence-electron chi connectivity index (χ2n) is 6.44. The number of alkyl halides is 3. The first kappa shape index (κ1) is 19.1. The third-order valence-corrected chi connectivity index (χ3v) is 4.84. The summed E-state index contributed by atoms with van der Waals surface area (Å²) in [6, 6.07) is 2.83. The van der Waals surface area contributed by atoms with Crippen LogP contribution in [0.3, 0.4) is 0 Å². The number of benzene rings is 1. The molecule has 3 nitrogen and oxygen atoms in total. The molecule has 0 heterocycles. The van der Waals surface area contributed by atoms with Gasteiger partial charge in [0.1, 0.15) is 0 Å². The summed E-state index contributed by atoms with van der Waals surface area (Å²) in [5, 5.41) is 2.37. The lowest BCUT2D eigenvalue weighted by Gasteiger charge is -2.27. The fraction of sp³-hybridized carbons (Fsp3) is 0.588. The SMILES string of the molecule is CC(C(=O)Nc1ccc(Cl)cc1C(F)(F)F)N(C)CC1CCCC1. The molecule has 1 fully saturated rings. The van der Waals surface area contributed by atoms with Crippen molar-refractivity contribution in [3.05, 3.63) is 28.8 Å². The van der Waals surface area contributed by atoms with Gasteiger partial charge in [0, 0.05) is 11.6 Å². The molecule has 0 spiro atoms. The third-order valence-electron chi connectivity index (χ3n) is 4.61. The number of carbonyl (C=O) groups is 1. The van der Waals surface area contributed by atoms with E-state index in [1.807, 2.05) is 11.9 Å². The zero-order valence-corrected chi connectivity index (χ0v) is 14.5. The molecule has 1 aromatic carbocycles. The van der Waals surface area contributed by atoms with Gasteiger partial charge in [-0.25, -0.2) is 0 Å². The molecule has 1 aliphatic carbocycles. The molecule has 24 heavy (non-hydrogen) atoms. The first-order chi connectivity index (χ1) is 11.2. The zero-order chi connectivity index (χ0) is 17.9. The number of rotatable bonds is 5. The highest BCUT2D eigenvalue weighted by Gasteiger charge is 2.34. The Morgan fingerprint density at radius 2 is 2.00 bits per heavy atom. The highest BCUT2D eigenvalue weighted by atomic mass is 35.5. The average Bonchev–Trinajstić information content (AvgIpc) is 3.00. The van der Waals surface area contributed by atoms with Crippen LogP contribution in [0.15, 0.2) is 18.2 Å². The van der Waals surface area contributed by atoms with Crippen LogP contribution < -0.4 is 5.32 Å². The standard InChI is InChI=1S/C17H22ClF3N2O/c1-11(23(2)10-12-5-3-4-6-12)16(24)22-15-8-7-13(18)9-14(15)17(19,20)21/h7-9,11-12H,3-6,10H2,1-2H3,(H,22,24). The van der Waals surface area contributed by atoms with Gasteiger partial charge in [0.25, 0.3) is 0 Å². The Morgan fingerprint density at radius 1 is 1.38 bits per heavy atom. The maximum Gasteiger partial charge on any atom is 0.418 e. The minimum absolute atomic E-state index is 0.0216. The fourth-order valence-corrected chi connectivity index (χ4v) is 3.23. The van der Waals surface area contributed by atoms with Gasteiger partial charge in [-0.1, -0.05) is 24.4 Å². The fourth-order valence-electron chi connectivity index (χ4n) is 3.06. The lowest BCUT2D eigenvalue weighted by molar-refractivity contribution is -0.137. The Bertz CT molecular complexity index is 586. The van der Waals surface area contributed by atoms with Crippen LogP contribution in [0.1, 0.15) is 38.2 Å². The normalized spacial score (nSPS) is 17.3. The molecule has 134 valence electrons. The van der Waals surface area contributed by atoms with E-state index >= 15 is 0 Å². The van der Waals surface area contributed by atoms with Gasteiger partial charge in [-0.2, -0.15) is 13.2 Å². The van der Waals surface area contributed by atoms with E-state index in [9.17, 15) is 18.0 Å². The van der Waals surface area contributed by atoms with Gasteiger partial charge in [-0.15, -0.1) is 0 Å². The van der Waals surface area contributed by atoms with Crippen LogP contribution >= 0.6 is 11.6 Å². The minimum Gasteiger partial charge on any atom is -0.324 e. The summed E-state index contributed by atoms with van der Waals surface area (Å²) in [5.41, 5.74) is -1.20. The molecule has 7 heteroatoms. The largest absolute Gasteiger partial charge is 0.418 e. The molecule has 1 amide bonds. The molecule has 1 saturated carbocycles. The van der Waals surface area contributed by atoms with E-state index in [1.165, 1.54) is 25.0 Å². The van der Waals surface area contributed by atoms with Gasteiger partial charge >= 0.3 is 6.18 Å². The monoisotopic (exact) mass is 362 g/mol. The number of nitrogens with zero attached hydrogens (tertiary/aromatic N) is 1. The van der Waals surface area contributed by atoms with Crippen molar-refractivity contribution in [3.63, 3.8) is 0 Å². The highest BCUT2D eigenvalue weighted by Crippen LogP contribution is 2.36. The molecule has 1 aliphatic rings. The van der Waals surface area contributed by atoms with Crippen LogP contribution in [-0.4, -0.2) is 30.4 Å². The summed E-state index contributed by atoms with van der Waals surface area (Å²) < 4.78 is 39.3. The summed E-state index contributed by atoms with van der Waals surface area (Å²) in [6.07, 6.45) is 0.131. The van der Waals surface area contributed by atoms with Crippen molar-refractivity contribution in [2.45, 2.75) is 44.8 Å². The quantitative estimate of drug-likeness (QED) is 0.815. The van der Waals surface area contributed by atoms with Crippen LogP contribution in [-0.2, 0) is 11.0 Å². The third kappa shape index (κ3) is 4.86. The Balaban J connectivity index is 2.05. The van der Waals surface area contributed by atoms with Crippen molar-refractivity contribution in [1.29, 1.82) is 0 Å². The number of amides is 1. The predicted molar refractivity (Wildman–Crippen MR) is 89.1 cm³/mol. The molecule has 0 radical (unpaired) electrons. The number of likely N-dealkylation sites (N-methyl/N-ethyl adjacent to an activating group) is 1. The molecule has 1 N–H and O–H groups in total. The van der Waals surface area contributed by atoms with Gasteiger partial charge in [-0.3, -0.25) is 9.69 Å². The van der Waals surface area contributed by atoms with Gasteiger partial charge in [0.05, 0.1) is 17.3 Å². The van der Waals surface area contributed by atoms with E-state index in [0.29, 0.717) is 5.92 Å². The van der Waals surface area contributed by atoms with Gasteiger partial charge in [-0.05, 0) is 50.9 Å². The first-order valence-electron chi connectivity index (χ1n) is 8.06. The molecule has 1 unspecified atom stereocenters. The number of nitrogens with one attached hydrogen (secondary N) is 1. The number of carbonyl (C=O) groups excluding carboxylic acids is 1. The van der Waals surface area contributed by atoms with Crippen LogP contribution in [0.2, 0.25) is 5.02 Å². The predicted octanol–water partition coefficient (Wildman–Crippen LogP) is 4.81. The number of hydrogen-bond donors (Lipinski definition) is 1. The lowest BCUT2D eigenvalue weighted by Crippen LogP contribution is -2.41. The van der Waals surface area contributed by atoms with Crippen molar-refractivity contribution in [3.8, 4) is 0 Å². The molecule has 2 rings (SSSR count). The second kappa shape index (κ2) is 7.74. The molecular weight excluding hydrogens is 341 g/mol. The molecule has 1 atom stereocenters. The van der Waals surface area contributed by atoms with Crippen molar-refractivity contribution in [2.75, 3.05) is 18.9 Å². The van der Waals surface area contributed by atoms with E-state index < -0.39 is 23.7 Å². The van der Waals surface area contributed by atoms with E-state index in [2.05, 4.69) is 5.32 Å². The van der Waals surface area contributed by atoms with Crippen LogP contribution in [0.5, 0.6) is 0 Å². The average molecular weight is 363 g/mol. The molecule has 1 aromatic rings. The van der Waals surface area contributed by atoms with Crippen molar-refractivity contribution in [2.24, 2.45) is 5.92 Å². The maximum atomic E-state index is 13.1. The molecule has 0 bridgehead atoms. The van der Waals surface area contributed by atoms with E-state index in [1.54, 1.807) is 6.92 Å². The van der Waals surface area contributed by atoms with Crippen LogP contribution in [0.4, 0.5) is 18.9 Å². The van der Waals surface area contributed by atoms with E-state index in [4.69, 9.17) is 11.6 Å². The highest BCUT2D eigenvalue weighted by molar-refractivity contribution is 6.30. The molecule has 0 aliphatic heterocycles. The Kier molecular flexibility index (Phi) is 6.15. The molecule has 0 aromatic heterocycles. The number of halogens is 4. The van der Waals surface area contributed by atoms with E-state index in [-0.39, 0.29) is 10.7 Å². The van der Waals surface area contributed by atoms with Crippen molar-refractivity contribution in [1.82, 2.24) is 4.90 Å². The van der Waals surface area contributed by atoms with Gasteiger partial charge in [0.2, 0.25) is 5.91 Å².